The van der Waals surface area contributed by atoms with E-state index in [-0.39, 0.29) is 5.84 Å². The summed E-state index contributed by atoms with van der Waals surface area (Å²) in [6, 6.07) is 8.71. The zero-order valence-electron chi connectivity index (χ0n) is 12.4. The summed E-state index contributed by atoms with van der Waals surface area (Å²) >= 11 is 0. The van der Waals surface area contributed by atoms with Crippen LogP contribution in [-0.2, 0) is 0 Å². The summed E-state index contributed by atoms with van der Waals surface area (Å²) in [5.74, 6) is 0.930. The second-order valence-electron chi connectivity index (χ2n) is 5.65. The minimum Gasteiger partial charge on any atom is -0.492 e. The first-order chi connectivity index (χ1) is 9.58. The number of benzene rings is 1. The van der Waals surface area contributed by atoms with Crippen molar-refractivity contribution in [3.63, 3.8) is 0 Å². The van der Waals surface area contributed by atoms with E-state index in [4.69, 9.17) is 15.9 Å². The maximum atomic E-state index is 7.35. The largest absolute Gasteiger partial charge is 0.492 e. The molecular weight excluding hydrogens is 250 g/mol. The lowest BCUT2D eigenvalue weighted by Crippen LogP contribution is -2.45. The third kappa shape index (κ3) is 3.73. The van der Waals surface area contributed by atoms with Gasteiger partial charge in [-0.15, -0.1) is 0 Å². The maximum absolute atomic E-state index is 7.35. The van der Waals surface area contributed by atoms with Gasteiger partial charge in [0.2, 0.25) is 0 Å². The number of nitrogen functional groups attached to an aromatic ring is 1. The van der Waals surface area contributed by atoms with E-state index in [1.807, 2.05) is 24.3 Å². The average molecular weight is 275 g/mol. The van der Waals surface area contributed by atoms with Crippen molar-refractivity contribution in [1.29, 1.82) is 5.41 Å². The number of hydrogen-bond donors (Lipinski definition) is 2. The van der Waals surface area contributed by atoms with Gasteiger partial charge in [-0.2, -0.15) is 0 Å². The lowest BCUT2D eigenvalue weighted by atomic mass is 9.98. The molecule has 110 valence electrons. The van der Waals surface area contributed by atoms with Gasteiger partial charge in [-0.05, 0) is 51.0 Å². The van der Waals surface area contributed by atoms with Crippen LogP contribution in [0.5, 0.6) is 5.75 Å². The van der Waals surface area contributed by atoms with Gasteiger partial charge >= 0.3 is 0 Å². The van der Waals surface area contributed by atoms with Crippen molar-refractivity contribution in [3.05, 3.63) is 29.8 Å². The molecule has 4 heteroatoms. The average Bonchev–Trinajstić information content (AvgIpc) is 2.42. The highest BCUT2D eigenvalue weighted by Gasteiger charge is 2.23. The van der Waals surface area contributed by atoms with Crippen LogP contribution in [0.4, 0.5) is 0 Å². The topological polar surface area (TPSA) is 62.3 Å². The Hall–Kier alpha value is -1.55. The number of nitrogens with two attached hydrogens (primary N) is 1. The van der Waals surface area contributed by atoms with E-state index in [2.05, 4.69) is 18.7 Å². The zero-order chi connectivity index (χ0) is 14.5. The van der Waals surface area contributed by atoms with E-state index in [0.29, 0.717) is 18.7 Å². The van der Waals surface area contributed by atoms with Gasteiger partial charge in [0.15, 0.2) is 0 Å². The Bertz CT molecular complexity index is 434. The van der Waals surface area contributed by atoms with Crippen LogP contribution in [0.25, 0.3) is 0 Å². The van der Waals surface area contributed by atoms with Crippen LogP contribution >= 0.6 is 0 Å². The summed E-state index contributed by atoms with van der Waals surface area (Å²) in [5.41, 5.74) is 6.16. The van der Waals surface area contributed by atoms with Crippen molar-refractivity contribution >= 4 is 5.84 Å². The predicted molar refractivity (Wildman–Crippen MR) is 82.4 cm³/mol. The molecule has 1 aromatic rings. The third-order valence-electron chi connectivity index (χ3n) is 4.16. The minimum absolute atomic E-state index is 0.0903. The molecule has 0 spiro atoms. The highest BCUT2D eigenvalue weighted by atomic mass is 16.5. The molecule has 4 nitrogen and oxygen atoms in total. The summed E-state index contributed by atoms with van der Waals surface area (Å²) < 4.78 is 5.79. The lowest BCUT2D eigenvalue weighted by Gasteiger charge is -2.38. The molecule has 2 unspecified atom stereocenters. The molecule has 20 heavy (non-hydrogen) atoms. The van der Waals surface area contributed by atoms with Crippen LogP contribution in [0.2, 0.25) is 0 Å². The smallest absolute Gasteiger partial charge is 0.122 e. The van der Waals surface area contributed by atoms with Crippen LogP contribution in [0.1, 0.15) is 38.7 Å². The molecule has 2 atom stereocenters. The molecule has 0 bridgehead atoms. The number of rotatable bonds is 5. The number of piperidine rings is 1. The number of nitrogens with one attached hydrogen (secondary N) is 1. The molecule has 1 aromatic carbocycles. The minimum atomic E-state index is 0.0903. The Labute approximate surface area is 121 Å². The fraction of sp³-hybridized carbons (Fsp3) is 0.562. The van der Waals surface area contributed by atoms with Crippen LogP contribution in [0.3, 0.4) is 0 Å². The molecule has 1 aliphatic heterocycles. The third-order valence-corrected chi connectivity index (χ3v) is 4.16. The molecule has 0 amide bonds. The molecule has 1 heterocycles. The van der Waals surface area contributed by atoms with E-state index in [1.54, 1.807) is 0 Å². The first-order valence-corrected chi connectivity index (χ1v) is 7.41. The normalized spacial score (nSPS) is 23.5. The molecular formula is C16H25N3O. The van der Waals surface area contributed by atoms with Gasteiger partial charge < -0.3 is 10.5 Å². The standard InChI is InChI=1S/C16H25N3O/c1-12-4-3-5-13(2)19(12)10-11-20-15-8-6-14(7-9-15)16(17)18/h6-9,12-13H,3-5,10-11H2,1-2H3,(H3,17,18). The molecule has 1 saturated heterocycles. The molecule has 0 saturated carbocycles. The van der Waals surface area contributed by atoms with E-state index < -0.39 is 0 Å². The first kappa shape index (κ1) is 14.9. The Morgan fingerprint density at radius 2 is 1.85 bits per heavy atom. The Kier molecular flexibility index (Phi) is 5.01. The summed E-state index contributed by atoms with van der Waals surface area (Å²) in [7, 11) is 0. The fourth-order valence-corrected chi connectivity index (χ4v) is 2.92. The second kappa shape index (κ2) is 6.75. The van der Waals surface area contributed by atoms with Gasteiger partial charge in [-0.3, -0.25) is 10.3 Å². The van der Waals surface area contributed by atoms with Crippen molar-refractivity contribution in [2.75, 3.05) is 13.2 Å². The van der Waals surface area contributed by atoms with E-state index in [0.717, 1.165) is 17.9 Å². The van der Waals surface area contributed by atoms with Gasteiger partial charge in [0, 0.05) is 24.2 Å². The van der Waals surface area contributed by atoms with Crippen LogP contribution in [-0.4, -0.2) is 36.0 Å². The van der Waals surface area contributed by atoms with Crippen LogP contribution < -0.4 is 10.5 Å². The fourth-order valence-electron chi connectivity index (χ4n) is 2.92. The first-order valence-electron chi connectivity index (χ1n) is 7.41. The zero-order valence-corrected chi connectivity index (χ0v) is 12.4. The van der Waals surface area contributed by atoms with Gasteiger partial charge in [-0.1, -0.05) is 6.42 Å². The van der Waals surface area contributed by atoms with Crippen molar-refractivity contribution in [2.24, 2.45) is 5.73 Å². The van der Waals surface area contributed by atoms with Crippen molar-refractivity contribution in [1.82, 2.24) is 4.90 Å². The van der Waals surface area contributed by atoms with Gasteiger partial charge in [0.25, 0.3) is 0 Å². The van der Waals surface area contributed by atoms with Crippen molar-refractivity contribution in [3.8, 4) is 5.75 Å². The summed E-state index contributed by atoms with van der Waals surface area (Å²) in [6.45, 7) is 6.28. The maximum Gasteiger partial charge on any atom is 0.122 e. The Morgan fingerprint density at radius 3 is 2.40 bits per heavy atom. The number of nitrogens with zero attached hydrogens (tertiary/aromatic N) is 1. The van der Waals surface area contributed by atoms with E-state index >= 15 is 0 Å². The van der Waals surface area contributed by atoms with Crippen LogP contribution in [0.15, 0.2) is 24.3 Å². The molecule has 0 aliphatic carbocycles. The molecule has 0 aromatic heterocycles. The number of amidine groups is 1. The summed E-state index contributed by atoms with van der Waals surface area (Å²) in [4.78, 5) is 2.54. The highest BCUT2D eigenvalue weighted by Crippen LogP contribution is 2.22. The van der Waals surface area contributed by atoms with Crippen molar-refractivity contribution in [2.45, 2.75) is 45.2 Å². The quantitative estimate of drug-likeness (QED) is 0.641. The summed E-state index contributed by atoms with van der Waals surface area (Å²) in [6.07, 6.45) is 3.92. The van der Waals surface area contributed by atoms with Crippen molar-refractivity contribution < 1.29 is 4.74 Å². The van der Waals surface area contributed by atoms with E-state index in [9.17, 15) is 0 Å². The molecule has 1 aliphatic rings. The predicted octanol–water partition coefficient (Wildman–Crippen LogP) is 2.61. The molecule has 3 N–H and O–H groups in total. The lowest BCUT2D eigenvalue weighted by molar-refractivity contribution is 0.0851. The molecule has 1 fully saturated rings. The van der Waals surface area contributed by atoms with E-state index in [1.165, 1.54) is 19.3 Å². The van der Waals surface area contributed by atoms with Crippen LogP contribution in [0, 0.1) is 5.41 Å². The Balaban J connectivity index is 1.81. The van der Waals surface area contributed by atoms with Gasteiger partial charge in [0.1, 0.15) is 18.2 Å². The monoisotopic (exact) mass is 275 g/mol. The SMILES string of the molecule is CC1CCCC(C)N1CCOc1ccc(C(=N)N)cc1. The highest BCUT2D eigenvalue weighted by molar-refractivity contribution is 5.94. The number of hydrogen-bond acceptors (Lipinski definition) is 3. The number of ether oxygens (including phenoxy) is 1. The molecule has 0 radical (unpaired) electrons. The van der Waals surface area contributed by atoms with Gasteiger partial charge in [-0.25, -0.2) is 0 Å². The Morgan fingerprint density at radius 1 is 1.25 bits per heavy atom. The van der Waals surface area contributed by atoms with Gasteiger partial charge in [0.05, 0.1) is 0 Å². The molecule has 2 rings (SSSR count). The summed E-state index contributed by atoms with van der Waals surface area (Å²) in [5, 5.41) is 7.35. The second-order valence-corrected chi connectivity index (χ2v) is 5.65. The number of likely N-dealkylation sites (tertiary alicyclic amines) is 1.